The molecule has 7 heteroatoms. The number of benzene rings is 2. The molecule has 4 rings (SSSR count). The first-order valence-corrected chi connectivity index (χ1v) is 9.81. The molecule has 1 saturated heterocycles. The third-order valence-electron chi connectivity index (χ3n) is 5.87. The molecular formula is C22H26N4O3. The number of carbonyl (C=O) groups is 1. The first-order valence-electron chi connectivity index (χ1n) is 9.81. The van der Waals surface area contributed by atoms with Gasteiger partial charge in [-0.2, -0.15) is 0 Å². The van der Waals surface area contributed by atoms with E-state index < -0.39 is 6.10 Å². The molecule has 1 aliphatic rings. The number of aliphatic hydroxyl groups excluding tert-OH is 1. The molecule has 152 valence electrons. The molecule has 1 aliphatic heterocycles. The largest absolute Gasteiger partial charge is 0.497 e. The number of imidazole rings is 1. The highest BCUT2D eigenvalue weighted by atomic mass is 16.5. The van der Waals surface area contributed by atoms with Crippen molar-refractivity contribution in [2.45, 2.75) is 18.9 Å². The van der Waals surface area contributed by atoms with Crippen LogP contribution in [0.5, 0.6) is 5.75 Å². The summed E-state index contributed by atoms with van der Waals surface area (Å²) in [6.07, 6.45) is 0.946. The third-order valence-corrected chi connectivity index (χ3v) is 5.87. The van der Waals surface area contributed by atoms with Crippen LogP contribution in [0.3, 0.4) is 0 Å². The van der Waals surface area contributed by atoms with Gasteiger partial charge in [0.2, 0.25) is 5.95 Å². The van der Waals surface area contributed by atoms with E-state index in [1.807, 2.05) is 48.3 Å². The minimum atomic E-state index is -0.560. The molecule has 1 fully saturated rings. The van der Waals surface area contributed by atoms with Crippen LogP contribution in [-0.2, 0) is 7.05 Å². The number of rotatable bonds is 4. The van der Waals surface area contributed by atoms with E-state index in [0.717, 1.165) is 35.2 Å². The molecule has 1 unspecified atom stereocenters. The predicted molar refractivity (Wildman–Crippen MR) is 112 cm³/mol. The lowest BCUT2D eigenvalue weighted by Gasteiger charge is -2.34. The molecule has 0 spiro atoms. The minimum absolute atomic E-state index is 0.00885. The van der Waals surface area contributed by atoms with E-state index in [2.05, 4.69) is 4.98 Å². The summed E-state index contributed by atoms with van der Waals surface area (Å²) in [4.78, 5) is 19.1. The van der Waals surface area contributed by atoms with E-state index >= 15 is 0 Å². The molecule has 0 aliphatic carbocycles. The Labute approximate surface area is 169 Å². The zero-order valence-corrected chi connectivity index (χ0v) is 16.7. The average Bonchev–Trinajstić information content (AvgIpc) is 3.05. The van der Waals surface area contributed by atoms with Crippen molar-refractivity contribution in [1.29, 1.82) is 0 Å². The van der Waals surface area contributed by atoms with Crippen LogP contribution in [0.15, 0.2) is 42.5 Å². The number of methoxy groups -OCH3 is 1. The van der Waals surface area contributed by atoms with Crippen molar-refractivity contribution >= 4 is 22.9 Å². The number of aromatic nitrogens is 2. The molecule has 3 aromatic rings. The Hall–Kier alpha value is -3.06. The molecule has 7 nitrogen and oxygen atoms in total. The Bertz CT molecular complexity index is 1040. The number of amides is 1. The number of likely N-dealkylation sites (tertiary alicyclic amines) is 1. The van der Waals surface area contributed by atoms with Gasteiger partial charge in [0.05, 0.1) is 24.2 Å². The van der Waals surface area contributed by atoms with Gasteiger partial charge in [-0.05, 0) is 54.7 Å². The van der Waals surface area contributed by atoms with E-state index in [4.69, 9.17) is 10.5 Å². The van der Waals surface area contributed by atoms with Gasteiger partial charge < -0.3 is 25.0 Å². The van der Waals surface area contributed by atoms with Gasteiger partial charge in [-0.1, -0.05) is 12.1 Å². The lowest BCUT2D eigenvalue weighted by Crippen LogP contribution is -2.39. The first-order chi connectivity index (χ1) is 14.0. The van der Waals surface area contributed by atoms with Crippen molar-refractivity contribution in [2.75, 3.05) is 25.9 Å². The van der Waals surface area contributed by atoms with Gasteiger partial charge in [-0.25, -0.2) is 4.98 Å². The van der Waals surface area contributed by atoms with E-state index in [-0.39, 0.29) is 11.8 Å². The summed E-state index contributed by atoms with van der Waals surface area (Å²) in [5, 5.41) is 10.8. The molecule has 1 atom stereocenters. The fourth-order valence-corrected chi connectivity index (χ4v) is 4.05. The fourth-order valence-electron chi connectivity index (χ4n) is 4.05. The second-order valence-electron chi connectivity index (χ2n) is 7.58. The van der Waals surface area contributed by atoms with Gasteiger partial charge in [0.1, 0.15) is 5.75 Å². The molecule has 29 heavy (non-hydrogen) atoms. The normalized spacial score (nSPS) is 16.2. The number of ether oxygens (including phenoxy) is 1. The maximum Gasteiger partial charge on any atom is 0.253 e. The average molecular weight is 394 g/mol. The monoisotopic (exact) mass is 394 g/mol. The summed E-state index contributed by atoms with van der Waals surface area (Å²) in [5.74, 6) is 1.27. The van der Waals surface area contributed by atoms with Crippen LogP contribution in [-0.4, -0.2) is 45.7 Å². The van der Waals surface area contributed by atoms with E-state index in [1.165, 1.54) is 0 Å². The second-order valence-corrected chi connectivity index (χ2v) is 7.58. The van der Waals surface area contributed by atoms with Crippen molar-refractivity contribution in [3.05, 3.63) is 53.6 Å². The van der Waals surface area contributed by atoms with Gasteiger partial charge in [0, 0.05) is 25.7 Å². The number of nitrogens with two attached hydrogens (primary N) is 1. The Morgan fingerprint density at radius 1 is 1.24 bits per heavy atom. The van der Waals surface area contributed by atoms with Crippen molar-refractivity contribution in [1.82, 2.24) is 14.5 Å². The van der Waals surface area contributed by atoms with Crippen LogP contribution in [0, 0.1) is 5.92 Å². The highest BCUT2D eigenvalue weighted by molar-refractivity contribution is 5.97. The molecule has 1 amide bonds. The van der Waals surface area contributed by atoms with Crippen LogP contribution < -0.4 is 10.5 Å². The van der Waals surface area contributed by atoms with Gasteiger partial charge in [0.25, 0.3) is 5.91 Å². The van der Waals surface area contributed by atoms with Crippen molar-refractivity contribution < 1.29 is 14.6 Å². The summed E-state index contributed by atoms with van der Waals surface area (Å²) < 4.78 is 7.05. The quantitative estimate of drug-likeness (QED) is 0.710. The maximum absolute atomic E-state index is 12.9. The lowest BCUT2D eigenvalue weighted by atomic mass is 9.87. The summed E-state index contributed by atoms with van der Waals surface area (Å²) in [6, 6.07) is 13.0. The number of aryl methyl sites for hydroxylation is 1. The Morgan fingerprint density at radius 2 is 2.00 bits per heavy atom. The highest BCUT2D eigenvalue weighted by Crippen LogP contribution is 2.32. The SMILES string of the molecule is COc1cccc(C(O)C2CCN(C(=O)c3ccc4c(c3)nc(N)n4C)CC2)c1. The smallest absolute Gasteiger partial charge is 0.253 e. The summed E-state index contributed by atoms with van der Waals surface area (Å²) in [5.41, 5.74) is 8.95. The first kappa shape index (κ1) is 19.3. The molecule has 0 radical (unpaired) electrons. The zero-order chi connectivity index (χ0) is 20.5. The molecule has 1 aromatic heterocycles. The number of anilines is 1. The van der Waals surface area contributed by atoms with Crippen LogP contribution in [0.2, 0.25) is 0 Å². The van der Waals surface area contributed by atoms with E-state index in [9.17, 15) is 9.90 Å². The second kappa shape index (κ2) is 7.75. The van der Waals surface area contributed by atoms with E-state index in [1.54, 1.807) is 17.7 Å². The van der Waals surface area contributed by atoms with Gasteiger partial charge >= 0.3 is 0 Å². The van der Waals surface area contributed by atoms with Crippen molar-refractivity contribution in [2.24, 2.45) is 13.0 Å². The Kier molecular flexibility index (Phi) is 5.15. The number of nitrogen functional groups attached to an aromatic ring is 1. The number of fused-ring (bicyclic) bond motifs is 1. The van der Waals surface area contributed by atoms with Crippen molar-refractivity contribution in [3.8, 4) is 5.75 Å². The summed E-state index contributed by atoms with van der Waals surface area (Å²) in [6.45, 7) is 1.24. The third kappa shape index (κ3) is 3.65. The predicted octanol–water partition coefficient (Wildman–Crippen LogP) is 2.75. The molecule has 2 aromatic carbocycles. The zero-order valence-electron chi connectivity index (χ0n) is 16.7. The van der Waals surface area contributed by atoms with Gasteiger partial charge in [-0.3, -0.25) is 4.79 Å². The molecule has 3 N–H and O–H groups in total. The number of nitrogens with zero attached hydrogens (tertiary/aromatic N) is 3. The molecule has 0 bridgehead atoms. The lowest BCUT2D eigenvalue weighted by molar-refractivity contribution is 0.0462. The van der Waals surface area contributed by atoms with Crippen LogP contribution in [0.1, 0.15) is 34.9 Å². The number of hydrogen-bond donors (Lipinski definition) is 2. The fraction of sp³-hybridized carbons (Fsp3) is 0.364. The Morgan fingerprint density at radius 3 is 2.72 bits per heavy atom. The minimum Gasteiger partial charge on any atom is -0.497 e. The summed E-state index contributed by atoms with van der Waals surface area (Å²) in [7, 11) is 3.47. The molecular weight excluding hydrogens is 368 g/mol. The Balaban J connectivity index is 1.43. The molecule has 0 saturated carbocycles. The van der Waals surface area contributed by atoms with E-state index in [0.29, 0.717) is 24.6 Å². The van der Waals surface area contributed by atoms with Crippen LogP contribution in [0.4, 0.5) is 5.95 Å². The van der Waals surface area contributed by atoms with Crippen LogP contribution in [0.25, 0.3) is 11.0 Å². The highest BCUT2D eigenvalue weighted by Gasteiger charge is 2.29. The topological polar surface area (TPSA) is 93.6 Å². The number of carbonyl (C=O) groups excluding carboxylic acids is 1. The van der Waals surface area contributed by atoms with Gasteiger partial charge in [0.15, 0.2) is 0 Å². The van der Waals surface area contributed by atoms with Crippen molar-refractivity contribution in [3.63, 3.8) is 0 Å². The molecule has 2 heterocycles. The number of piperidine rings is 1. The standard InChI is InChI=1S/C22H26N4O3/c1-25-19-7-6-16(13-18(19)24-22(25)23)21(28)26-10-8-14(9-11-26)20(27)15-4-3-5-17(12-15)29-2/h3-7,12-14,20,27H,8-11H2,1-2H3,(H2,23,24). The number of hydrogen-bond acceptors (Lipinski definition) is 5. The van der Waals surface area contributed by atoms with Gasteiger partial charge in [-0.15, -0.1) is 0 Å². The summed E-state index contributed by atoms with van der Waals surface area (Å²) >= 11 is 0. The maximum atomic E-state index is 12.9. The number of aliphatic hydroxyl groups is 1. The van der Waals surface area contributed by atoms with Crippen LogP contribution >= 0.6 is 0 Å².